The van der Waals surface area contributed by atoms with Crippen molar-refractivity contribution in [1.29, 1.82) is 0 Å². The van der Waals surface area contributed by atoms with Crippen LogP contribution in [-0.2, 0) is 9.53 Å². The fraction of sp³-hybridized carbons (Fsp3) is 0.875. The van der Waals surface area contributed by atoms with E-state index in [2.05, 4.69) is 5.32 Å². The Kier molecular flexibility index (Phi) is 3.49. The molecule has 0 aliphatic heterocycles. The SMILES string of the molecule is CN[C@@H](COC1CCC1)C(=O)O. The molecule has 4 nitrogen and oxygen atoms in total. The highest BCUT2D eigenvalue weighted by molar-refractivity contribution is 5.73. The molecule has 0 heterocycles. The Morgan fingerprint density at radius 1 is 1.75 bits per heavy atom. The van der Waals surface area contributed by atoms with Crippen molar-refractivity contribution in [2.75, 3.05) is 13.7 Å². The van der Waals surface area contributed by atoms with E-state index in [0.717, 1.165) is 12.8 Å². The summed E-state index contributed by atoms with van der Waals surface area (Å²) in [5.41, 5.74) is 0. The lowest BCUT2D eigenvalue weighted by Crippen LogP contribution is -2.40. The average Bonchev–Trinajstić information content (AvgIpc) is 1.93. The molecule has 0 unspecified atom stereocenters. The summed E-state index contributed by atoms with van der Waals surface area (Å²) in [6.45, 7) is 0.274. The molecule has 0 aromatic carbocycles. The van der Waals surface area contributed by atoms with Gasteiger partial charge in [-0.25, -0.2) is 0 Å². The maximum atomic E-state index is 10.5. The zero-order chi connectivity index (χ0) is 8.97. The molecular formula is C8H15NO3. The summed E-state index contributed by atoms with van der Waals surface area (Å²) in [4.78, 5) is 10.5. The maximum Gasteiger partial charge on any atom is 0.323 e. The van der Waals surface area contributed by atoms with Gasteiger partial charge in [-0.3, -0.25) is 4.79 Å². The van der Waals surface area contributed by atoms with Crippen LogP contribution >= 0.6 is 0 Å². The van der Waals surface area contributed by atoms with E-state index in [1.165, 1.54) is 6.42 Å². The van der Waals surface area contributed by atoms with Gasteiger partial charge in [0.2, 0.25) is 0 Å². The van der Waals surface area contributed by atoms with Crippen LogP contribution in [0.2, 0.25) is 0 Å². The summed E-state index contributed by atoms with van der Waals surface area (Å²) in [6.07, 6.45) is 3.67. The highest BCUT2D eigenvalue weighted by Crippen LogP contribution is 2.21. The smallest absolute Gasteiger partial charge is 0.323 e. The average molecular weight is 173 g/mol. The van der Waals surface area contributed by atoms with Crippen LogP contribution in [0.25, 0.3) is 0 Å². The van der Waals surface area contributed by atoms with Crippen molar-refractivity contribution in [1.82, 2.24) is 5.32 Å². The molecule has 1 fully saturated rings. The Hall–Kier alpha value is -0.610. The molecule has 0 aromatic heterocycles. The first-order chi connectivity index (χ1) is 5.74. The van der Waals surface area contributed by atoms with Crippen LogP contribution in [0.4, 0.5) is 0 Å². The van der Waals surface area contributed by atoms with Gasteiger partial charge in [-0.05, 0) is 26.3 Å². The molecule has 1 aliphatic carbocycles. The van der Waals surface area contributed by atoms with Gasteiger partial charge >= 0.3 is 5.97 Å². The molecule has 1 rings (SSSR count). The van der Waals surface area contributed by atoms with Gasteiger partial charge < -0.3 is 15.2 Å². The molecular weight excluding hydrogens is 158 g/mol. The van der Waals surface area contributed by atoms with E-state index < -0.39 is 12.0 Å². The molecule has 70 valence electrons. The van der Waals surface area contributed by atoms with Crippen LogP contribution in [0.15, 0.2) is 0 Å². The van der Waals surface area contributed by atoms with E-state index in [-0.39, 0.29) is 6.61 Å². The number of carboxylic acid groups (broad SMARTS) is 1. The van der Waals surface area contributed by atoms with Gasteiger partial charge in [0.15, 0.2) is 0 Å². The van der Waals surface area contributed by atoms with Crippen molar-refractivity contribution in [3.63, 3.8) is 0 Å². The fourth-order valence-electron chi connectivity index (χ4n) is 1.05. The minimum absolute atomic E-state index is 0.274. The summed E-state index contributed by atoms with van der Waals surface area (Å²) < 4.78 is 5.35. The Balaban J connectivity index is 2.13. The Labute approximate surface area is 71.9 Å². The number of ether oxygens (including phenoxy) is 1. The molecule has 4 heteroatoms. The number of aliphatic carboxylic acids is 1. The van der Waals surface area contributed by atoms with Crippen LogP contribution < -0.4 is 5.32 Å². The van der Waals surface area contributed by atoms with Gasteiger partial charge in [0.1, 0.15) is 6.04 Å². The summed E-state index contributed by atoms with van der Waals surface area (Å²) in [6, 6.07) is -0.564. The Morgan fingerprint density at radius 3 is 2.75 bits per heavy atom. The van der Waals surface area contributed by atoms with Gasteiger partial charge in [-0.1, -0.05) is 0 Å². The second-order valence-electron chi connectivity index (χ2n) is 3.07. The van der Waals surface area contributed by atoms with Crippen molar-refractivity contribution in [3.8, 4) is 0 Å². The fourth-order valence-corrected chi connectivity index (χ4v) is 1.05. The quantitative estimate of drug-likeness (QED) is 0.624. The molecule has 0 spiro atoms. The second kappa shape index (κ2) is 4.42. The van der Waals surface area contributed by atoms with E-state index in [9.17, 15) is 4.79 Å². The van der Waals surface area contributed by atoms with Gasteiger partial charge in [-0.15, -0.1) is 0 Å². The third-order valence-corrected chi connectivity index (χ3v) is 2.20. The van der Waals surface area contributed by atoms with Gasteiger partial charge in [-0.2, -0.15) is 0 Å². The highest BCUT2D eigenvalue weighted by atomic mass is 16.5. The number of hydrogen-bond acceptors (Lipinski definition) is 3. The van der Waals surface area contributed by atoms with Gasteiger partial charge in [0, 0.05) is 0 Å². The van der Waals surface area contributed by atoms with E-state index in [4.69, 9.17) is 9.84 Å². The van der Waals surface area contributed by atoms with Crippen LogP contribution in [0.1, 0.15) is 19.3 Å². The van der Waals surface area contributed by atoms with Crippen LogP contribution in [0.3, 0.4) is 0 Å². The number of hydrogen-bond donors (Lipinski definition) is 2. The molecule has 0 saturated heterocycles. The highest BCUT2D eigenvalue weighted by Gasteiger charge is 2.21. The third-order valence-electron chi connectivity index (χ3n) is 2.20. The summed E-state index contributed by atoms with van der Waals surface area (Å²) >= 11 is 0. The van der Waals surface area contributed by atoms with E-state index >= 15 is 0 Å². The van der Waals surface area contributed by atoms with Crippen molar-refractivity contribution < 1.29 is 14.6 Å². The van der Waals surface area contributed by atoms with E-state index in [1.807, 2.05) is 0 Å². The molecule has 1 atom stereocenters. The monoisotopic (exact) mass is 173 g/mol. The second-order valence-corrected chi connectivity index (χ2v) is 3.07. The molecule has 1 aliphatic rings. The standard InChI is InChI=1S/C8H15NO3/c1-9-7(8(10)11)5-12-6-3-2-4-6/h6-7,9H,2-5H2,1H3,(H,10,11)/t7-/m0/s1. The predicted molar refractivity (Wildman–Crippen MR) is 44.1 cm³/mol. The summed E-state index contributed by atoms with van der Waals surface area (Å²) in [7, 11) is 1.63. The topological polar surface area (TPSA) is 58.6 Å². The molecule has 2 N–H and O–H groups in total. The van der Waals surface area contributed by atoms with Crippen molar-refractivity contribution in [2.24, 2.45) is 0 Å². The number of carboxylic acids is 1. The number of carbonyl (C=O) groups is 1. The lowest BCUT2D eigenvalue weighted by Gasteiger charge is -2.26. The molecule has 12 heavy (non-hydrogen) atoms. The Morgan fingerprint density at radius 2 is 2.42 bits per heavy atom. The van der Waals surface area contributed by atoms with Crippen molar-refractivity contribution in [2.45, 2.75) is 31.4 Å². The zero-order valence-electron chi connectivity index (χ0n) is 7.25. The number of likely N-dealkylation sites (N-methyl/N-ethyl adjacent to an activating group) is 1. The van der Waals surface area contributed by atoms with Gasteiger partial charge in [0.05, 0.1) is 12.7 Å². The van der Waals surface area contributed by atoms with Crippen LogP contribution in [-0.4, -0.2) is 36.9 Å². The maximum absolute atomic E-state index is 10.5. The van der Waals surface area contributed by atoms with E-state index in [0.29, 0.717) is 6.10 Å². The lowest BCUT2D eigenvalue weighted by molar-refractivity contribution is -0.142. The predicted octanol–water partition coefficient (Wildman–Crippen LogP) is 0.228. The van der Waals surface area contributed by atoms with Crippen molar-refractivity contribution >= 4 is 5.97 Å². The minimum atomic E-state index is -0.850. The normalized spacial score (nSPS) is 20.1. The molecule has 0 bridgehead atoms. The van der Waals surface area contributed by atoms with Crippen LogP contribution in [0, 0.1) is 0 Å². The van der Waals surface area contributed by atoms with Crippen molar-refractivity contribution in [3.05, 3.63) is 0 Å². The largest absolute Gasteiger partial charge is 0.480 e. The first kappa shape index (κ1) is 9.48. The zero-order valence-corrected chi connectivity index (χ0v) is 7.25. The number of rotatable bonds is 5. The minimum Gasteiger partial charge on any atom is -0.480 e. The molecule has 0 radical (unpaired) electrons. The first-order valence-corrected chi connectivity index (χ1v) is 4.25. The molecule has 1 saturated carbocycles. The number of nitrogens with one attached hydrogen (secondary N) is 1. The lowest BCUT2D eigenvalue weighted by atomic mass is 9.96. The van der Waals surface area contributed by atoms with Crippen LogP contribution in [0.5, 0.6) is 0 Å². The first-order valence-electron chi connectivity index (χ1n) is 4.25. The molecule has 0 amide bonds. The van der Waals surface area contributed by atoms with E-state index in [1.54, 1.807) is 7.05 Å². The third kappa shape index (κ3) is 2.46. The molecule has 0 aromatic rings. The Bertz CT molecular complexity index is 156. The van der Waals surface area contributed by atoms with Gasteiger partial charge in [0.25, 0.3) is 0 Å². The summed E-state index contributed by atoms with van der Waals surface area (Å²) in [5.74, 6) is -0.850. The summed E-state index contributed by atoms with van der Waals surface area (Å²) in [5, 5.41) is 11.3.